The van der Waals surface area contributed by atoms with Crippen LogP contribution in [0.5, 0.6) is 0 Å². The van der Waals surface area contributed by atoms with Crippen molar-refractivity contribution in [1.82, 2.24) is 14.5 Å². The van der Waals surface area contributed by atoms with Crippen molar-refractivity contribution >= 4 is 79.0 Å². The Balaban J connectivity index is 1.15. The van der Waals surface area contributed by atoms with Crippen molar-refractivity contribution in [3.05, 3.63) is 301 Å². The Morgan fingerprint density at radius 1 is 0.255 bits per heavy atom. The molecule has 0 radical (unpaired) electrons. The summed E-state index contributed by atoms with van der Waals surface area (Å²) in [7, 11) is 0. The molecule has 0 aliphatic carbocycles. The van der Waals surface area contributed by atoms with Gasteiger partial charge in [0.05, 0.1) is 28.1 Å². The van der Waals surface area contributed by atoms with Gasteiger partial charge in [0.2, 0.25) is 0 Å². The Morgan fingerprint density at radius 3 is 0.896 bits per heavy atom. The number of rotatable bonds is 9. The number of nitrogens with zero attached hydrogens (tertiary/aromatic N) is 5. The van der Waals surface area contributed by atoms with Crippen LogP contribution in [-0.2, 0) is 32.5 Å². The highest BCUT2D eigenvalue weighted by Crippen LogP contribution is 2.55. The third kappa shape index (κ3) is 12.4. The molecule has 0 spiro atoms. The van der Waals surface area contributed by atoms with Crippen LogP contribution in [0.25, 0.3) is 94.3 Å². The molecule has 0 N–H and O–H groups in total. The van der Waals surface area contributed by atoms with E-state index in [9.17, 15) is 0 Å². The minimum Gasteiger partial charge on any atom is -0.310 e. The Morgan fingerprint density at radius 2 is 0.575 bits per heavy atom. The molecule has 0 bridgehead atoms. The monoisotopic (exact) mass is 1380 g/mol. The maximum atomic E-state index is 5.59. The first kappa shape index (κ1) is 69.5. The van der Waals surface area contributed by atoms with Crippen LogP contribution < -0.4 is 26.2 Å². The van der Waals surface area contributed by atoms with E-state index in [4.69, 9.17) is 9.97 Å². The van der Waals surface area contributed by atoms with Crippen molar-refractivity contribution in [2.45, 2.75) is 157 Å². The lowest BCUT2D eigenvalue weighted by atomic mass is 9.33. The van der Waals surface area contributed by atoms with Gasteiger partial charge in [-0.05, 0) is 156 Å². The number of fused-ring (bicyclic) bond motifs is 7. The van der Waals surface area contributed by atoms with Crippen LogP contribution in [0.2, 0.25) is 0 Å². The standard InChI is InChI=1S/C100H98BN5/c1-95(2,3)71-47-51-82-78(59-71)79-60-72(96(4,5)6)48-52-83(79)104(82)73-61-86-92-87(62-73)106(94-76(69-55-88(97(7,8)9)102-89(56-69)98(10,11)12)43-32-44-77(94)70-57-90(99(13,14)15)103-91(58-70)100(16,17)18)85-50-46-68(64-35-25-20-26-36-64)54-81(85)101(92)80-53-67(63-33-23-19-24-34-63)45-49-84(80)105(86)93-74(65-37-27-21-28-38-65)41-31-42-75(93)66-39-29-22-30-40-66/h19-62H,1-18H3. The van der Waals surface area contributed by atoms with Crippen LogP contribution in [0.1, 0.15) is 159 Å². The first-order valence-electron chi connectivity index (χ1n) is 38.1. The van der Waals surface area contributed by atoms with Gasteiger partial charge in [0.15, 0.2) is 0 Å². The molecule has 16 rings (SSSR count). The van der Waals surface area contributed by atoms with Crippen LogP contribution in [0.3, 0.4) is 0 Å². The average molecular weight is 1380 g/mol. The van der Waals surface area contributed by atoms with Crippen LogP contribution in [0.4, 0.5) is 34.1 Å². The normalized spacial score (nSPS) is 13.3. The lowest BCUT2D eigenvalue weighted by Gasteiger charge is -2.46. The van der Waals surface area contributed by atoms with Gasteiger partial charge in [-0.1, -0.05) is 319 Å². The molecule has 3 aromatic heterocycles. The summed E-state index contributed by atoms with van der Waals surface area (Å²) in [5.74, 6) is 0. The van der Waals surface area contributed by atoms with Gasteiger partial charge in [-0.15, -0.1) is 0 Å². The highest BCUT2D eigenvalue weighted by atomic mass is 15.2. The highest BCUT2D eigenvalue weighted by Gasteiger charge is 2.46. The van der Waals surface area contributed by atoms with Crippen molar-refractivity contribution in [3.8, 4) is 72.4 Å². The topological polar surface area (TPSA) is 37.2 Å². The Labute approximate surface area is 629 Å². The van der Waals surface area contributed by atoms with Gasteiger partial charge >= 0.3 is 0 Å². The van der Waals surface area contributed by atoms with Crippen molar-refractivity contribution < 1.29 is 0 Å². The second-order valence-electron chi connectivity index (χ2n) is 36.0. The van der Waals surface area contributed by atoms with Crippen molar-refractivity contribution in [2.75, 3.05) is 9.80 Å². The minimum atomic E-state index is -0.285. The van der Waals surface area contributed by atoms with E-state index in [0.29, 0.717) is 0 Å². The predicted octanol–water partition coefficient (Wildman–Crippen LogP) is 25.4. The van der Waals surface area contributed by atoms with Crippen molar-refractivity contribution in [1.29, 1.82) is 0 Å². The predicted molar refractivity (Wildman–Crippen MR) is 455 cm³/mol. The molecule has 0 saturated carbocycles. The first-order valence-corrected chi connectivity index (χ1v) is 38.1. The van der Waals surface area contributed by atoms with Gasteiger partial charge in [-0.3, -0.25) is 9.97 Å². The average Bonchev–Trinajstić information content (AvgIpc) is 0.776. The molecule has 11 aromatic carbocycles. The third-order valence-electron chi connectivity index (χ3n) is 22.1. The molecule has 2 aliphatic rings. The quantitative estimate of drug-likeness (QED) is 0.135. The van der Waals surface area contributed by atoms with E-state index in [2.05, 4.69) is 406 Å². The maximum absolute atomic E-state index is 5.59. The Hall–Kier alpha value is -10.8. The molecule has 5 nitrogen and oxygen atoms in total. The van der Waals surface area contributed by atoms with Crippen LogP contribution >= 0.6 is 0 Å². The lowest BCUT2D eigenvalue weighted by molar-refractivity contribution is 0.531. The molecular formula is C100H98BN5. The van der Waals surface area contributed by atoms with E-state index >= 15 is 0 Å². The van der Waals surface area contributed by atoms with Gasteiger partial charge in [0.25, 0.3) is 6.71 Å². The molecule has 106 heavy (non-hydrogen) atoms. The largest absolute Gasteiger partial charge is 0.310 e. The zero-order valence-corrected chi connectivity index (χ0v) is 65.2. The fourth-order valence-electron chi connectivity index (χ4n) is 16.1. The number of pyridine rings is 2. The van der Waals surface area contributed by atoms with Crippen molar-refractivity contribution in [2.24, 2.45) is 0 Å². The van der Waals surface area contributed by atoms with E-state index in [1.54, 1.807) is 0 Å². The zero-order valence-electron chi connectivity index (χ0n) is 65.2. The summed E-state index contributed by atoms with van der Waals surface area (Å²) in [5.41, 5.74) is 32.8. The number of aromatic nitrogens is 3. The molecule has 0 atom stereocenters. The van der Waals surface area contributed by atoms with Gasteiger partial charge in [0.1, 0.15) is 0 Å². The summed E-state index contributed by atoms with van der Waals surface area (Å²) in [6, 6.07) is 102. The summed E-state index contributed by atoms with van der Waals surface area (Å²) in [6.45, 7) is 41.4. The van der Waals surface area contributed by atoms with E-state index in [-0.39, 0.29) is 39.2 Å². The summed E-state index contributed by atoms with van der Waals surface area (Å²) < 4.78 is 2.60. The fraction of sp³-hybridized carbons (Fsp3) is 0.240. The molecule has 526 valence electrons. The van der Waals surface area contributed by atoms with E-state index in [0.717, 1.165) is 135 Å². The molecule has 6 heteroatoms. The third-order valence-corrected chi connectivity index (χ3v) is 22.1. The van der Waals surface area contributed by atoms with Crippen LogP contribution in [-0.4, -0.2) is 21.2 Å². The van der Waals surface area contributed by atoms with Gasteiger partial charge in [-0.2, -0.15) is 0 Å². The first-order chi connectivity index (χ1) is 50.4. The fourth-order valence-corrected chi connectivity index (χ4v) is 16.1. The SMILES string of the molecule is CC(C)(C)c1ccc2c(c1)c1cc(C(C)(C)C)ccc1n2-c1cc2c3c(c1)N(c1c(-c4cc(C(C)(C)C)nc(C(C)(C)C)c4)cccc1-c1cc(C(C)(C)C)nc(C(C)(C)C)c1)c1ccc(-c4ccccc4)cc1B3c1cc(-c3ccccc3)ccc1N2c1c(-c2ccccc2)cccc1-c1ccccc1. The minimum absolute atomic E-state index is 0.0995. The summed E-state index contributed by atoms with van der Waals surface area (Å²) in [6.07, 6.45) is 0. The maximum Gasteiger partial charge on any atom is 0.252 e. The second-order valence-corrected chi connectivity index (χ2v) is 36.0. The van der Waals surface area contributed by atoms with E-state index in [1.165, 1.54) is 43.9 Å². The summed E-state index contributed by atoms with van der Waals surface area (Å²) in [5, 5.41) is 2.47. The van der Waals surface area contributed by atoms with E-state index < -0.39 is 0 Å². The van der Waals surface area contributed by atoms with Crippen molar-refractivity contribution in [3.63, 3.8) is 0 Å². The molecular weight excluding hydrogens is 1280 g/mol. The number of hydrogen-bond donors (Lipinski definition) is 0. The number of para-hydroxylation sites is 2. The Bertz CT molecular complexity index is 5480. The molecule has 2 aliphatic heterocycles. The molecule has 0 amide bonds. The number of anilines is 6. The van der Waals surface area contributed by atoms with Gasteiger partial charge < -0.3 is 14.4 Å². The lowest BCUT2D eigenvalue weighted by Crippen LogP contribution is -2.61. The number of hydrogen-bond acceptors (Lipinski definition) is 4. The van der Waals surface area contributed by atoms with Gasteiger partial charge in [-0.25, -0.2) is 0 Å². The molecule has 0 unspecified atom stereocenters. The molecule has 5 heterocycles. The van der Waals surface area contributed by atoms with E-state index in [1.807, 2.05) is 0 Å². The summed E-state index contributed by atoms with van der Waals surface area (Å²) in [4.78, 5) is 16.6. The van der Waals surface area contributed by atoms with Crippen LogP contribution in [0.15, 0.2) is 267 Å². The summed E-state index contributed by atoms with van der Waals surface area (Å²) >= 11 is 0. The molecule has 14 aromatic rings. The second kappa shape index (κ2) is 25.5. The van der Waals surface area contributed by atoms with Gasteiger partial charge in [0, 0.05) is 100 Å². The van der Waals surface area contributed by atoms with Crippen LogP contribution in [0, 0.1) is 0 Å². The number of benzene rings is 11. The smallest absolute Gasteiger partial charge is 0.252 e. The molecule has 0 saturated heterocycles. The Kier molecular flexibility index (Phi) is 16.7. The molecule has 0 fully saturated rings. The zero-order chi connectivity index (χ0) is 74.3. The highest BCUT2D eigenvalue weighted by molar-refractivity contribution is 7.00.